The Kier molecular flexibility index (Phi) is 2.56. The second kappa shape index (κ2) is 4.24. The van der Waals surface area contributed by atoms with E-state index >= 15 is 0 Å². The third-order valence-electron chi connectivity index (χ3n) is 2.95. The molecule has 0 aliphatic carbocycles. The molecule has 19 heavy (non-hydrogen) atoms. The summed E-state index contributed by atoms with van der Waals surface area (Å²) in [6.45, 7) is 0.0129. The summed E-state index contributed by atoms with van der Waals surface area (Å²) in [5, 5.41) is 4.13. The molecular weight excluding hydrogens is 247 g/mol. The third-order valence-corrected chi connectivity index (χ3v) is 2.95. The number of nitrogen functional groups attached to an aromatic ring is 1. The van der Waals surface area contributed by atoms with Gasteiger partial charge in [0, 0.05) is 17.4 Å². The summed E-state index contributed by atoms with van der Waals surface area (Å²) in [6.07, 6.45) is 1.62. The predicted molar refractivity (Wildman–Crippen MR) is 69.4 cm³/mol. The van der Waals surface area contributed by atoms with Crippen LogP contribution in [0.3, 0.4) is 0 Å². The maximum Gasteiger partial charge on any atom is 0.350 e. The van der Waals surface area contributed by atoms with Crippen molar-refractivity contribution < 1.29 is 4.39 Å². The number of nitrogens with zero attached hydrogens (tertiary/aromatic N) is 3. The van der Waals surface area contributed by atoms with Crippen LogP contribution in [0.2, 0.25) is 0 Å². The van der Waals surface area contributed by atoms with Crippen molar-refractivity contribution in [1.29, 1.82) is 0 Å². The van der Waals surface area contributed by atoms with Crippen LogP contribution in [0, 0.1) is 5.82 Å². The number of anilines is 1. The minimum Gasteiger partial charge on any atom is -0.398 e. The quantitative estimate of drug-likeness (QED) is 0.704. The first-order valence-electron chi connectivity index (χ1n) is 5.74. The Morgan fingerprint density at radius 2 is 2.05 bits per heavy atom. The Morgan fingerprint density at radius 1 is 1.21 bits per heavy atom. The molecule has 2 aromatic heterocycles. The van der Waals surface area contributed by atoms with Gasteiger partial charge in [0.2, 0.25) is 0 Å². The minimum atomic E-state index is -0.441. The number of halogens is 1. The lowest BCUT2D eigenvalue weighted by molar-refractivity contribution is 0.580. The molecule has 0 saturated carbocycles. The molecule has 96 valence electrons. The molecular formula is C13H11FN4O. The number of nitrogens with two attached hydrogens (primary N) is 1. The van der Waals surface area contributed by atoms with E-state index in [-0.39, 0.29) is 17.8 Å². The smallest absolute Gasteiger partial charge is 0.350 e. The number of fused-ring (bicyclic) bond motifs is 1. The van der Waals surface area contributed by atoms with Crippen LogP contribution in [0.4, 0.5) is 10.1 Å². The normalized spacial score (nSPS) is 11.0. The van der Waals surface area contributed by atoms with Crippen molar-refractivity contribution >= 4 is 11.3 Å². The molecule has 5 nitrogen and oxygen atoms in total. The largest absolute Gasteiger partial charge is 0.398 e. The van der Waals surface area contributed by atoms with Gasteiger partial charge in [0.15, 0.2) is 5.65 Å². The molecule has 1 aromatic carbocycles. The molecule has 2 N–H and O–H groups in total. The minimum absolute atomic E-state index is 0.0129. The van der Waals surface area contributed by atoms with Crippen molar-refractivity contribution in [3.8, 4) is 0 Å². The SMILES string of the molecule is Nc1cccc(F)c1Cn1nc2ccccn2c1=O. The van der Waals surface area contributed by atoms with E-state index < -0.39 is 5.82 Å². The molecule has 0 radical (unpaired) electrons. The van der Waals surface area contributed by atoms with E-state index in [2.05, 4.69) is 5.10 Å². The number of benzene rings is 1. The topological polar surface area (TPSA) is 65.3 Å². The Hall–Kier alpha value is -2.63. The van der Waals surface area contributed by atoms with E-state index in [1.165, 1.54) is 21.2 Å². The fourth-order valence-corrected chi connectivity index (χ4v) is 1.96. The first-order valence-corrected chi connectivity index (χ1v) is 5.74. The average Bonchev–Trinajstić information content (AvgIpc) is 2.72. The summed E-state index contributed by atoms with van der Waals surface area (Å²) in [4.78, 5) is 12.1. The summed E-state index contributed by atoms with van der Waals surface area (Å²) in [7, 11) is 0. The summed E-state index contributed by atoms with van der Waals surface area (Å²) in [5.74, 6) is -0.441. The van der Waals surface area contributed by atoms with Crippen molar-refractivity contribution in [2.75, 3.05) is 5.73 Å². The monoisotopic (exact) mass is 258 g/mol. The highest BCUT2D eigenvalue weighted by molar-refractivity contribution is 5.47. The Balaban J connectivity index is 2.11. The second-order valence-corrected chi connectivity index (χ2v) is 4.18. The van der Waals surface area contributed by atoms with E-state index in [4.69, 9.17) is 5.73 Å². The van der Waals surface area contributed by atoms with Crippen LogP contribution in [-0.4, -0.2) is 14.2 Å². The molecule has 3 aromatic rings. The van der Waals surface area contributed by atoms with Crippen LogP contribution in [0.1, 0.15) is 5.56 Å². The van der Waals surface area contributed by atoms with Crippen molar-refractivity contribution in [3.05, 3.63) is 64.5 Å². The van der Waals surface area contributed by atoms with Gasteiger partial charge in [0.25, 0.3) is 0 Å². The molecule has 0 aliphatic heterocycles. The number of aromatic nitrogens is 3. The summed E-state index contributed by atoms with van der Waals surface area (Å²) in [5.41, 5.74) is 6.50. The molecule has 3 rings (SSSR count). The average molecular weight is 258 g/mol. The Labute approximate surface area is 107 Å². The molecule has 0 atom stereocenters. The van der Waals surface area contributed by atoms with Gasteiger partial charge in [-0.05, 0) is 24.3 Å². The Bertz CT molecular complexity index is 786. The maximum atomic E-state index is 13.7. The van der Waals surface area contributed by atoms with Crippen LogP contribution in [0.15, 0.2) is 47.4 Å². The van der Waals surface area contributed by atoms with Gasteiger partial charge in [-0.25, -0.2) is 13.9 Å². The van der Waals surface area contributed by atoms with Crippen LogP contribution >= 0.6 is 0 Å². The molecule has 0 saturated heterocycles. The number of rotatable bonds is 2. The van der Waals surface area contributed by atoms with Gasteiger partial charge in [-0.1, -0.05) is 12.1 Å². The summed E-state index contributed by atoms with van der Waals surface area (Å²) >= 11 is 0. The maximum absolute atomic E-state index is 13.7. The number of hydrogen-bond donors (Lipinski definition) is 1. The van der Waals surface area contributed by atoms with Gasteiger partial charge in [-0.2, -0.15) is 0 Å². The van der Waals surface area contributed by atoms with E-state index in [1.54, 1.807) is 30.5 Å². The first-order chi connectivity index (χ1) is 9.16. The van der Waals surface area contributed by atoms with Crippen molar-refractivity contribution in [2.45, 2.75) is 6.54 Å². The van der Waals surface area contributed by atoms with Crippen LogP contribution in [0.25, 0.3) is 5.65 Å². The molecule has 2 heterocycles. The second-order valence-electron chi connectivity index (χ2n) is 4.18. The highest BCUT2D eigenvalue weighted by Gasteiger charge is 2.11. The highest BCUT2D eigenvalue weighted by atomic mass is 19.1. The van der Waals surface area contributed by atoms with E-state index in [1.807, 2.05) is 0 Å². The van der Waals surface area contributed by atoms with E-state index in [0.29, 0.717) is 11.3 Å². The summed E-state index contributed by atoms with van der Waals surface area (Å²) in [6, 6.07) is 9.66. The fraction of sp³-hybridized carbons (Fsp3) is 0.0769. The van der Waals surface area contributed by atoms with Gasteiger partial charge in [0.05, 0.1) is 6.54 Å². The lowest BCUT2D eigenvalue weighted by Gasteiger charge is -2.05. The molecule has 0 spiro atoms. The summed E-state index contributed by atoms with van der Waals surface area (Å²) < 4.78 is 16.3. The highest BCUT2D eigenvalue weighted by Crippen LogP contribution is 2.16. The fourth-order valence-electron chi connectivity index (χ4n) is 1.96. The van der Waals surface area contributed by atoms with Crippen LogP contribution in [0.5, 0.6) is 0 Å². The zero-order valence-electron chi connectivity index (χ0n) is 9.95. The van der Waals surface area contributed by atoms with Gasteiger partial charge in [-0.15, -0.1) is 5.10 Å². The van der Waals surface area contributed by atoms with Crippen LogP contribution in [-0.2, 0) is 6.54 Å². The predicted octanol–water partition coefficient (Wildman–Crippen LogP) is 1.27. The molecule has 0 fully saturated rings. The third kappa shape index (κ3) is 1.87. The van der Waals surface area contributed by atoms with Crippen molar-refractivity contribution in [1.82, 2.24) is 14.2 Å². The lowest BCUT2D eigenvalue weighted by atomic mass is 10.1. The zero-order chi connectivity index (χ0) is 13.4. The molecule has 0 amide bonds. The zero-order valence-corrected chi connectivity index (χ0v) is 9.95. The number of pyridine rings is 1. The standard InChI is InChI=1S/C13H11FN4O/c14-10-4-3-5-11(15)9(10)8-18-13(19)17-7-2-1-6-12(17)16-18/h1-7H,8,15H2. The molecule has 0 aliphatic rings. The Morgan fingerprint density at radius 3 is 2.79 bits per heavy atom. The first kappa shape index (κ1) is 11.5. The number of hydrogen-bond acceptors (Lipinski definition) is 3. The van der Waals surface area contributed by atoms with E-state index in [0.717, 1.165) is 0 Å². The molecule has 0 unspecified atom stereocenters. The van der Waals surface area contributed by atoms with Gasteiger partial charge < -0.3 is 5.73 Å². The van der Waals surface area contributed by atoms with Crippen molar-refractivity contribution in [2.24, 2.45) is 0 Å². The van der Waals surface area contributed by atoms with Gasteiger partial charge in [-0.3, -0.25) is 4.40 Å². The van der Waals surface area contributed by atoms with Gasteiger partial charge >= 0.3 is 5.69 Å². The van der Waals surface area contributed by atoms with Crippen molar-refractivity contribution in [3.63, 3.8) is 0 Å². The molecule has 0 bridgehead atoms. The molecule has 6 heteroatoms. The lowest BCUT2D eigenvalue weighted by Crippen LogP contribution is -2.22. The van der Waals surface area contributed by atoms with Crippen LogP contribution < -0.4 is 11.4 Å². The van der Waals surface area contributed by atoms with E-state index in [9.17, 15) is 9.18 Å². The van der Waals surface area contributed by atoms with Gasteiger partial charge in [0.1, 0.15) is 5.82 Å².